The van der Waals surface area contributed by atoms with Gasteiger partial charge >= 0.3 is 0 Å². The maximum atomic E-state index is 12.1. The van der Waals surface area contributed by atoms with Gasteiger partial charge in [-0.2, -0.15) is 9.13 Å². The third kappa shape index (κ3) is 9.53. The molecule has 27 heavy (non-hydrogen) atoms. The normalized spacial score (nSPS) is 10.0. The molecule has 0 atom stereocenters. The molecule has 0 aliphatic rings. The van der Waals surface area contributed by atoms with Gasteiger partial charge in [-0.3, -0.25) is 9.53 Å². The molecular formula is C18H25I2N3O4. The van der Waals surface area contributed by atoms with Crippen LogP contribution in [0.1, 0.15) is 36.3 Å². The molecule has 3 N–H and O–H groups in total. The van der Waals surface area contributed by atoms with Crippen LogP contribution in [0.3, 0.4) is 0 Å². The van der Waals surface area contributed by atoms with Gasteiger partial charge in [-0.15, -0.1) is 0 Å². The Labute approximate surface area is 193 Å². The lowest BCUT2D eigenvalue weighted by Gasteiger charge is -2.04. The van der Waals surface area contributed by atoms with Gasteiger partial charge in [-0.05, 0) is 18.1 Å². The number of carbonyl (C=O) groups is 1. The van der Waals surface area contributed by atoms with Crippen molar-refractivity contribution >= 4 is 12.0 Å². The van der Waals surface area contributed by atoms with Crippen molar-refractivity contribution in [2.24, 2.45) is 11.1 Å². The Hall–Kier alpha value is -1.18. The van der Waals surface area contributed by atoms with Crippen LogP contribution in [0.4, 0.5) is 0 Å². The molecule has 0 saturated heterocycles. The number of hydrogen-bond acceptors (Lipinski definition) is 4. The van der Waals surface area contributed by atoms with E-state index in [4.69, 9.17) is 9.94 Å². The molecule has 9 heteroatoms. The fourth-order valence-corrected chi connectivity index (χ4v) is 2.28. The Balaban J connectivity index is 0. The van der Waals surface area contributed by atoms with E-state index in [1.54, 1.807) is 6.20 Å². The number of halogens is 2. The van der Waals surface area contributed by atoms with Gasteiger partial charge in [-0.1, -0.05) is 19.0 Å². The minimum absolute atomic E-state index is 0. The van der Waals surface area contributed by atoms with Crippen LogP contribution in [-0.2, 0) is 18.2 Å². The zero-order valence-corrected chi connectivity index (χ0v) is 19.6. The molecule has 2 heterocycles. The molecule has 0 spiro atoms. The number of pyridine rings is 2. The molecule has 7 nitrogen and oxygen atoms in total. The van der Waals surface area contributed by atoms with E-state index in [9.17, 15) is 4.79 Å². The SMILES string of the molecule is CC(C)CC(=O)c1ccc[n+](COC[n+]2ccccc2/C=N\O)c1.O.[I-].[I-]. The van der Waals surface area contributed by atoms with Gasteiger partial charge in [-0.25, -0.2) is 0 Å². The molecular weight excluding hydrogens is 576 g/mol. The zero-order chi connectivity index (χ0) is 17.4. The summed E-state index contributed by atoms with van der Waals surface area (Å²) in [6.07, 6.45) is 7.38. The van der Waals surface area contributed by atoms with E-state index >= 15 is 0 Å². The van der Waals surface area contributed by atoms with E-state index in [0.717, 1.165) is 5.69 Å². The molecule has 2 aromatic rings. The van der Waals surface area contributed by atoms with Crippen LogP contribution in [0.25, 0.3) is 0 Å². The molecule has 0 amide bonds. The molecule has 0 bridgehead atoms. The van der Waals surface area contributed by atoms with E-state index in [1.807, 2.05) is 65.7 Å². The van der Waals surface area contributed by atoms with E-state index in [0.29, 0.717) is 31.4 Å². The number of nitrogens with zero attached hydrogens (tertiary/aromatic N) is 3. The highest BCUT2D eigenvalue weighted by Gasteiger charge is 2.13. The van der Waals surface area contributed by atoms with Crippen molar-refractivity contribution in [2.75, 3.05) is 0 Å². The van der Waals surface area contributed by atoms with Gasteiger partial charge in [0.2, 0.25) is 5.69 Å². The molecule has 0 radical (unpaired) electrons. The third-order valence-electron chi connectivity index (χ3n) is 3.41. The first-order chi connectivity index (χ1) is 11.6. The van der Waals surface area contributed by atoms with E-state index in [1.165, 1.54) is 6.21 Å². The van der Waals surface area contributed by atoms with Crippen molar-refractivity contribution in [3.05, 3.63) is 60.2 Å². The van der Waals surface area contributed by atoms with E-state index in [2.05, 4.69) is 5.16 Å². The van der Waals surface area contributed by atoms with Crippen LogP contribution < -0.4 is 57.1 Å². The quantitative estimate of drug-likeness (QED) is 0.0822. The van der Waals surface area contributed by atoms with E-state index in [-0.39, 0.29) is 59.2 Å². The fraction of sp³-hybridized carbons (Fsp3) is 0.333. The minimum atomic E-state index is 0. The predicted molar refractivity (Wildman–Crippen MR) is 91.1 cm³/mol. The standard InChI is InChI=1S/C18H22N3O3.2HI.H2O/c1-15(2)10-18(22)16-6-5-8-20(12-16)13-24-14-21-9-4-3-7-17(21)11-19-23;;;/h3-9,11-12,15H,10,13-14H2,1-2H3;2*1H;1H2/q+1;;;/p-1. The van der Waals surface area contributed by atoms with Crippen molar-refractivity contribution in [3.8, 4) is 0 Å². The van der Waals surface area contributed by atoms with Crippen molar-refractivity contribution in [1.82, 2.24) is 0 Å². The molecule has 0 unspecified atom stereocenters. The molecule has 150 valence electrons. The van der Waals surface area contributed by atoms with Crippen LogP contribution in [0.2, 0.25) is 0 Å². The second-order valence-electron chi connectivity index (χ2n) is 5.93. The summed E-state index contributed by atoms with van der Waals surface area (Å²) < 4.78 is 9.32. The zero-order valence-electron chi connectivity index (χ0n) is 15.3. The Kier molecular flexibility index (Phi) is 15.4. The number of ether oxygens (including phenoxy) is 1. The average Bonchev–Trinajstić information content (AvgIpc) is 2.56. The Morgan fingerprint density at radius 3 is 2.59 bits per heavy atom. The molecule has 0 aromatic carbocycles. The van der Waals surface area contributed by atoms with Crippen LogP contribution in [-0.4, -0.2) is 22.7 Å². The topological polar surface area (TPSA) is 98.2 Å². The Bertz CT molecular complexity index is 727. The molecule has 0 saturated carbocycles. The van der Waals surface area contributed by atoms with Crippen LogP contribution in [0.15, 0.2) is 54.1 Å². The molecule has 2 rings (SSSR count). The van der Waals surface area contributed by atoms with Crippen LogP contribution in [0.5, 0.6) is 0 Å². The molecule has 0 aliphatic heterocycles. The Morgan fingerprint density at radius 1 is 1.19 bits per heavy atom. The van der Waals surface area contributed by atoms with Gasteiger partial charge < -0.3 is 58.6 Å². The van der Waals surface area contributed by atoms with Crippen molar-refractivity contribution in [3.63, 3.8) is 0 Å². The molecule has 0 fully saturated rings. The minimum Gasteiger partial charge on any atom is -1.00 e. The van der Waals surface area contributed by atoms with Crippen molar-refractivity contribution in [1.29, 1.82) is 0 Å². The summed E-state index contributed by atoms with van der Waals surface area (Å²) in [6, 6.07) is 9.21. The molecule has 0 aliphatic carbocycles. The van der Waals surface area contributed by atoms with Gasteiger partial charge in [0.05, 0.1) is 5.56 Å². The number of Topliss-reactive ketones (excluding diaryl/α,β-unsaturated/α-hetero) is 1. The number of oxime groups is 1. The summed E-state index contributed by atoms with van der Waals surface area (Å²) >= 11 is 0. The first kappa shape index (κ1) is 28.0. The van der Waals surface area contributed by atoms with Crippen molar-refractivity contribution in [2.45, 2.75) is 33.7 Å². The number of aromatic nitrogens is 2. The summed E-state index contributed by atoms with van der Waals surface area (Å²) in [5, 5.41) is 11.7. The summed E-state index contributed by atoms with van der Waals surface area (Å²) in [4.78, 5) is 12.1. The molecule has 2 aromatic heterocycles. The smallest absolute Gasteiger partial charge is 0.258 e. The largest absolute Gasteiger partial charge is 1.00 e. The summed E-state index contributed by atoms with van der Waals surface area (Å²) in [5.41, 5.74) is 1.42. The van der Waals surface area contributed by atoms with Crippen molar-refractivity contribution < 1.29 is 77.3 Å². The summed E-state index contributed by atoms with van der Waals surface area (Å²) in [7, 11) is 0. The number of ketones is 1. The van der Waals surface area contributed by atoms with Gasteiger partial charge in [0, 0.05) is 24.6 Å². The predicted octanol–water partition coefficient (Wildman–Crippen LogP) is -4.89. The monoisotopic (exact) mass is 601 g/mol. The number of rotatable bonds is 8. The highest BCUT2D eigenvalue weighted by Crippen LogP contribution is 2.07. The summed E-state index contributed by atoms with van der Waals surface area (Å²) in [5.74, 6) is 0.474. The highest BCUT2D eigenvalue weighted by atomic mass is 127. The lowest BCUT2D eigenvalue weighted by Crippen LogP contribution is -3.00. The highest BCUT2D eigenvalue weighted by molar-refractivity contribution is 5.95. The number of hydrogen-bond donors (Lipinski definition) is 1. The number of carbonyl (C=O) groups excluding carboxylic acids is 1. The fourth-order valence-electron chi connectivity index (χ4n) is 2.28. The second kappa shape index (κ2) is 14.8. The van der Waals surface area contributed by atoms with Gasteiger partial charge in [0.15, 0.2) is 24.4 Å². The first-order valence-electron chi connectivity index (χ1n) is 7.86. The Morgan fingerprint density at radius 2 is 1.93 bits per heavy atom. The lowest BCUT2D eigenvalue weighted by atomic mass is 10.0. The van der Waals surface area contributed by atoms with Crippen LogP contribution in [0, 0.1) is 5.92 Å². The maximum absolute atomic E-state index is 12.1. The van der Waals surface area contributed by atoms with Gasteiger partial charge in [0.25, 0.3) is 13.5 Å². The lowest BCUT2D eigenvalue weighted by molar-refractivity contribution is -0.788. The second-order valence-corrected chi connectivity index (χ2v) is 5.93. The third-order valence-corrected chi connectivity index (χ3v) is 3.41. The average molecular weight is 601 g/mol. The maximum Gasteiger partial charge on any atom is 0.258 e. The summed E-state index contributed by atoms with van der Waals surface area (Å²) in [6.45, 7) is 4.68. The van der Waals surface area contributed by atoms with Gasteiger partial charge in [0.1, 0.15) is 6.21 Å². The first-order valence-corrected chi connectivity index (χ1v) is 7.86. The van der Waals surface area contributed by atoms with E-state index < -0.39 is 0 Å². The van der Waals surface area contributed by atoms with Crippen LogP contribution >= 0.6 is 0 Å².